The summed E-state index contributed by atoms with van der Waals surface area (Å²) in [6, 6.07) is 35.4. The van der Waals surface area contributed by atoms with Crippen LogP contribution >= 0.6 is 0 Å². The number of nitrogens with zero attached hydrogens (tertiary/aromatic N) is 1. The second-order valence-electron chi connectivity index (χ2n) is 9.12. The molecule has 1 fully saturated rings. The molecular weight excluding hydrogens is 416 g/mol. The van der Waals surface area contributed by atoms with Gasteiger partial charge in [-0.1, -0.05) is 103 Å². The predicted octanol–water partition coefficient (Wildman–Crippen LogP) is 6.50. The van der Waals surface area contributed by atoms with Crippen LogP contribution in [0.15, 0.2) is 103 Å². The lowest BCUT2D eigenvalue weighted by atomic mass is 9.87. The van der Waals surface area contributed by atoms with Crippen LogP contribution in [0.5, 0.6) is 0 Å². The zero-order valence-electron chi connectivity index (χ0n) is 19.4. The van der Waals surface area contributed by atoms with Gasteiger partial charge in [0.2, 0.25) is 5.91 Å². The molecule has 0 spiro atoms. The first-order valence-corrected chi connectivity index (χ1v) is 12.0. The molecule has 0 aliphatic carbocycles. The largest absolute Gasteiger partial charge is 0.366 e. The maximum atomic E-state index is 12.5. The number of benzene rings is 4. The second-order valence-corrected chi connectivity index (χ2v) is 9.12. The predicted molar refractivity (Wildman–Crippen MR) is 140 cm³/mol. The van der Waals surface area contributed by atoms with E-state index in [1.807, 2.05) is 48.5 Å². The van der Waals surface area contributed by atoms with E-state index in [4.69, 9.17) is 5.73 Å². The summed E-state index contributed by atoms with van der Waals surface area (Å²) in [5, 5.41) is 0. The van der Waals surface area contributed by atoms with E-state index in [1.165, 1.54) is 24.0 Å². The minimum atomic E-state index is -0.399. The first-order chi connectivity index (χ1) is 16.7. The highest BCUT2D eigenvalue weighted by atomic mass is 16.1. The standard InChI is InChI=1S/C31H30N2O/c32-31(34)30-28(26-10-5-2-6-11-26)12-7-13-29(30)27-16-14-24(15-17-27)25-18-20-33(21-19-25)22-23-8-3-1-4-9-23/h1-17,25H,18-22H2,(H2,32,34). The van der Waals surface area contributed by atoms with E-state index in [-0.39, 0.29) is 0 Å². The number of rotatable bonds is 6. The molecule has 3 heteroatoms. The third-order valence-electron chi connectivity index (χ3n) is 6.93. The topological polar surface area (TPSA) is 46.3 Å². The van der Waals surface area contributed by atoms with Gasteiger partial charge in [0.05, 0.1) is 5.56 Å². The van der Waals surface area contributed by atoms with Crippen LogP contribution in [0.4, 0.5) is 0 Å². The fraction of sp³-hybridized carbons (Fsp3) is 0.194. The van der Waals surface area contributed by atoms with Crippen molar-refractivity contribution in [2.24, 2.45) is 5.73 Å². The quantitative estimate of drug-likeness (QED) is 0.367. The van der Waals surface area contributed by atoms with Crippen LogP contribution in [0, 0.1) is 0 Å². The fourth-order valence-electron chi connectivity index (χ4n) is 5.12. The molecule has 0 saturated carbocycles. The minimum Gasteiger partial charge on any atom is -0.366 e. The van der Waals surface area contributed by atoms with Crippen molar-refractivity contribution in [3.8, 4) is 22.3 Å². The fourth-order valence-corrected chi connectivity index (χ4v) is 5.12. The van der Waals surface area contributed by atoms with Gasteiger partial charge in [0, 0.05) is 6.54 Å². The smallest absolute Gasteiger partial charge is 0.249 e. The highest BCUT2D eigenvalue weighted by Gasteiger charge is 2.21. The van der Waals surface area contributed by atoms with Crippen LogP contribution < -0.4 is 5.73 Å². The van der Waals surface area contributed by atoms with Crippen molar-refractivity contribution in [3.05, 3.63) is 120 Å². The molecule has 3 nitrogen and oxygen atoms in total. The molecular formula is C31H30N2O. The van der Waals surface area contributed by atoms with Gasteiger partial charge in [-0.3, -0.25) is 9.69 Å². The Kier molecular flexibility index (Phi) is 6.55. The number of carbonyl (C=O) groups excluding carboxylic acids is 1. The van der Waals surface area contributed by atoms with Crippen LogP contribution in [-0.2, 0) is 6.54 Å². The molecule has 0 atom stereocenters. The maximum Gasteiger partial charge on any atom is 0.249 e. The van der Waals surface area contributed by atoms with Gasteiger partial charge >= 0.3 is 0 Å². The monoisotopic (exact) mass is 446 g/mol. The summed E-state index contributed by atoms with van der Waals surface area (Å²) in [6.45, 7) is 3.26. The summed E-state index contributed by atoms with van der Waals surface area (Å²) in [6.07, 6.45) is 2.34. The summed E-state index contributed by atoms with van der Waals surface area (Å²) in [5.74, 6) is 0.177. The Balaban J connectivity index is 1.33. The van der Waals surface area contributed by atoms with Crippen molar-refractivity contribution in [2.75, 3.05) is 13.1 Å². The molecule has 1 amide bonds. The average molecular weight is 447 g/mol. The highest BCUT2D eigenvalue weighted by molar-refractivity contribution is 6.06. The molecule has 34 heavy (non-hydrogen) atoms. The summed E-state index contributed by atoms with van der Waals surface area (Å²) in [7, 11) is 0. The Bertz CT molecular complexity index is 1240. The number of nitrogens with two attached hydrogens (primary N) is 1. The number of primary amides is 1. The molecule has 5 rings (SSSR count). The number of hydrogen-bond donors (Lipinski definition) is 1. The Hall–Kier alpha value is -3.69. The van der Waals surface area contributed by atoms with E-state index >= 15 is 0 Å². The van der Waals surface area contributed by atoms with Gasteiger partial charge < -0.3 is 5.73 Å². The number of carbonyl (C=O) groups is 1. The van der Waals surface area contributed by atoms with Crippen molar-refractivity contribution in [2.45, 2.75) is 25.3 Å². The summed E-state index contributed by atoms with van der Waals surface area (Å²) in [4.78, 5) is 15.0. The molecule has 0 bridgehead atoms. The molecule has 2 N–H and O–H groups in total. The molecule has 170 valence electrons. The molecule has 4 aromatic rings. The molecule has 4 aromatic carbocycles. The van der Waals surface area contributed by atoms with Crippen molar-refractivity contribution in [1.82, 2.24) is 4.90 Å². The van der Waals surface area contributed by atoms with E-state index in [9.17, 15) is 4.79 Å². The molecule has 1 aliphatic heterocycles. The summed E-state index contributed by atoms with van der Waals surface area (Å²) < 4.78 is 0. The number of hydrogen-bond acceptors (Lipinski definition) is 2. The van der Waals surface area contributed by atoms with Crippen LogP contribution in [0.2, 0.25) is 0 Å². The molecule has 0 aromatic heterocycles. The van der Waals surface area contributed by atoms with Crippen LogP contribution in [0.25, 0.3) is 22.3 Å². The Morgan fingerprint density at radius 2 is 1.26 bits per heavy atom. The van der Waals surface area contributed by atoms with Gasteiger partial charge in [-0.25, -0.2) is 0 Å². The van der Waals surface area contributed by atoms with Gasteiger partial charge in [-0.2, -0.15) is 0 Å². The number of piperidine rings is 1. The first-order valence-electron chi connectivity index (χ1n) is 12.0. The highest BCUT2D eigenvalue weighted by Crippen LogP contribution is 2.34. The van der Waals surface area contributed by atoms with Gasteiger partial charge in [0.15, 0.2) is 0 Å². The zero-order chi connectivity index (χ0) is 23.3. The third-order valence-corrected chi connectivity index (χ3v) is 6.93. The molecule has 0 unspecified atom stereocenters. The normalized spacial score (nSPS) is 14.7. The Morgan fingerprint density at radius 3 is 1.85 bits per heavy atom. The van der Waals surface area contributed by atoms with Gasteiger partial charge in [0.25, 0.3) is 0 Å². The van der Waals surface area contributed by atoms with Gasteiger partial charge in [-0.15, -0.1) is 0 Å². The summed E-state index contributed by atoms with van der Waals surface area (Å²) >= 11 is 0. The van der Waals surface area contributed by atoms with Crippen molar-refractivity contribution in [1.29, 1.82) is 0 Å². The Labute approximate surface area is 201 Å². The molecule has 1 aliphatic rings. The van der Waals surface area contributed by atoms with Crippen molar-refractivity contribution < 1.29 is 4.79 Å². The van der Waals surface area contributed by atoms with Gasteiger partial charge in [0.1, 0.15) is 0 Å². The second kappa shape index (κ2) is 10.1. The zero-order valence-corrected chi connectivity index (χ0v) is 19.4. The number of amides is 1. The van der Waals surface area contributed by atoms with E-state index < -0.39 is 5.91 Å². The van der Waals surface area contributed by atoms with E-state index in [2.05, 4.69) is 59.5 Å². The van der Waals surface area contributed by atoms with Crippen molar-refractivity contribution >= 4 is 5.91 Å². The molecule has 0 radical (unpaired) electrons. The summed E-state index contributed by atoms with van der Waals surface area (Å²) in [5.41, 5.74) is 13.0. The van der Waals surface area contributed by atoms with Crippen LogP contribution in [0.1, 0.15) is 40.2 Å². The van der Waals surface area contributed by atoms with Crippen LogP contribution in [-0.4, -0.2) is 23.9 Å². The first kappa shape index (κ1) is 22.1. The van der Waals surface area contributed by atoms with E-state index in [0.717, 1.165) is 41.9 Å². The molecule has 1 saturated heterocycles. The lowest BCUT2D eigenvalue weighted by Crippen LogP contribution is -2.32. The van der Waals surface area contributed by atoms with E-state index in [0.29, 0.717) is 11.5 Å². The third kappa shape index (κ3) is 4.80. The lowest BCUT2D eigenvalue weighted by molar-refractivity contribution is 0.100. The van der Waals surface area contributed by atoms with Crippen LogP contribution in [0.3, 0.4) is 0 Å². The minimum absolute atomic E-state index is 0.399. The maximum absolute atomic E-state index is 12.5. The van der Waals surface area contributed by atoms with Gasteiger partial charge in [-0.05, 0) is 65.2 Å². The van der Waals surface area contributed by atoms with E-state index in [1.54, 1.807) is 0 Å². The lowest BCUT2D eigenvalue weighted by Gasteiger charge is -2.32. The Morgan fingerprint density at radius 1 is 0.706 bits per heavy atom. The SMILES string of the molecule is NC(=O)c1c(-c2ccccc2)cccc1-c1ccc(C2CCN(Cc3ccccc3)CC2)cc1. The molecule has 1 heterocycles. The van der Waals surface area contributed by atoms with Crippen molar-refractivity contribution in [3.63, 3.8) is 0 Å². The average Bonchev–Trinajstić information content (AvgIpc) is 2.90. The number of likely N-dealkylation sites (tertiary alicyclic amines) is 1.